The Morgan fingerprint density at radius 3 is 2.82 bits per heavy atom. The molecule has 0 spiro atoms. The zero-order chi connectivity index (χ0) is 19.3. The van der Waals surface area contributed by atoms with Crippen LogP contribution in [0.5, 0.6) is 0 Å². The van der Waals surface area contributed by atoms with Gasteiger partial charge in [-0.05, 0) is 30.9 Å². The number of fused-ring (bicyclic) bond motifs is 3. The van der Waals surface area contributed by atoms with Gasteiger partial charge in [-0.1, -0.05) is 23.9 Å². The molecule has 3 saturated heterocycles. The van der Waals surface area contributed by atoms with E-state index in [1.807, 2.05) is 23.3 Å². The SMILES string of the molecule is CSc1nccc(N2CC3CC(C2)N3C(=O)Cn2c(=O)oc3ccccc32)n1. The first-order valence-electron chi connectivity index (χ1n) is 9.15. The van der Waals surface area contributed by atoms with Crippen molar-refractivity contribution in [3.8, 4) is 0 Å². The number of piperidine rings is 1. The summed E-state index contributed by atoms with van der Waals surface area (Å²) < 4.78 is 6.65. The minimum atomic E-state index is -0.493. The zero-order valence-corrected chi connectivity index (χ0v) is 16.1. The Bertz CT molecular complexity index is 1100. The van der Waals surface area contributed by atoms with Crippen LogP contribution < -0.4 is 10.7 Å². The molecule has 6 rings (SSSR count). The van der Waals surface area contributed by atoms with Gasteiger partial charge in [0.15, 0.2) is 10.7 Å². The van der Waals surface area contributed by atoms with Crippen molar-refractivity contribution in [2.24, 2.45) is 0 Å². The summed E-state index contributed by atoms with van der Waals surface area (Å²) in [6.07, 6.45) is 4.71. The summed E-state index contributed by atoms with van der Waals surface area (Å²) in [4.78, 5) is 38.0. The summed E-state index contributed by atoms with van der Waals surface area (Å²) in [5.41, 5.74) is 1.15. The third kappa shape index (κ3) is 2.77. The molecule has 144 valence electrons. The van der Waals surface area contributed by atoms with Gasteiger partial charge < -0.3 is 14.2 Å². The molecule has 9 heteroatoms. The molecule has 2 atom stereocenters. The summed E-state index contributed by atoms with van der Waals surface area (Å²) in [7, 11) is 0. The fourth-order valence-electron chi connectivity index (χ4n) is 4.19. The molecule has 0 radical (unpaired) electrons. The van der Waals surface area contributed by atoms with Gasteiger partial charge in [-0.25, -0.2) is 14.8 Å². The third-order valence-electron chi connectivity index (χ3n) is 5.47. The number of thioether (sulfide) groups is 1. The second-order valence-corrected chi connectivity index (χ2v) is 7.85. The van der Waals surface area contributed by atoms with E-state index in [-0.39, 0.29) is 24.5 Å². The van der Waals surface area contributed by atoms with Gasteiger partial charge in [0.2, 0.25) is 5.91 Å². The molecule has 3 aliphatic rings. The summed E-state index contributed by atoms with van der Waals surface area (Å²) in [5.74, 6) is 0.368. The number of nitrogens with zero attached hydrogens (tertiary/aromatic N) is 5. The number of anilines is 1. The Morgan fingerprint density at radius 1 is 1.25 bits per heavy atom. The summed E-state index contributed by atoms with van der Waals surface area (Å²) in [6, 6.07) is 9.37. The highest BCUT2D eigenvalue weighted by Crippen LogP contribution is 2.34. The van der Waals surface area contributed by atoms with Gasteiger partial charge in [-0.15, -0.1) is 0 Å². The van der Waals surface area contributed by atoms with Crippen LogP contribution in [0.15, 0.2) is 50.9 Å². The summed E-state index contributed by atoms with van der Waals surface area (Å²) >= 11 is 1.51. The van der Waals surface area contributed by atoms with E-state index in [1.54, 1.807) is 24.4 Å². The lowest BCUT2D eigenvalue weighted by Gasteiger charge is -2.56. The minimum Gasteiger partial charge on any atom is -0.408 e. The fraction of sp³-hybridized carbons (Fsp3) is 0.368. The Balaban J connectivity index is 1.32. The van der Waals surface area contributed by atoms with Crippen LogP contribution in [0, 0.1) is 0 Å². The van der Waals surface area contributed by atoms with Crippen molar-refractivity contribution in [2.45, 2.75) is 30.2 Å². The first-order valence-corrected chi connectivity index (χ1v) is 10.4. The van der Waals surface area contributed by atoms with Gasteiger partial charge >= 0.3 is 5.76 Å². The van der Waals surface area contributed by atoms with Crippen molar-refractivity contribution in [1.29, 1.82) is 0 Å². The molecule has 3 aliphatic heterocycles. The first kappa shape index (κ1) is 17.3. The van der Waals surface area contributed by atoms with Gasteiger partial charge in [0, 0.05) is 19.3 Å². The number of amides is 1. The largest absolute Gasteiger partial charge is 0.420 e. The molecule has 5 heterocycles. The van der Waals surface area contributed by atoms with Crippen molar-refractivity contribution in [3.05, 3.63) is 47.1 Å². The number of rotatable bonds is 4. The van der Waals surface area contributed by atoms with Crippen molar-refractivity contribution < 1.29 is 9.21 Å². The molecule has 1 amide bonds. The number of carbonyl (C=O) groups excluding carboxylic acids is 1. The number of oxazole rings is 1. The molecule has 0 N–H and O–H groups in total. The van der Waals surface area contributed by atoms with E-state index in [9.17, 15) is 9.59 Å². The van der Waals surface area contributed by atoms with Crippen LogP contribution >= 0.6 is 11.8 Å². The molecule has 28 heavy (non-hydrogen) atoms. The molecule has 2 unspecified atom stereocenters. The van der Waals surface area contributed by atoms with Gasteiger partial charge in [0.25, 0.3) is 0 Å². The van der Waals surface area contributed by atoms with Crippen LogP contribution in [-0.4, -0.2) is 56.8 Å². The topological polar surface area (TPSA) is 84.5 Å². The van der Waals surface area contributed by atoms with Gasteiger partial charge in [0.05, 0.1) is 17.6 Å². The predicted molar refractivity (Wildman–Crippen MR) is 106 cm³/mol. The maximum Gasteiger partial charge on any atom is 0.420 e. The van der Waals surface area contributed by atoms with Crippen molar-refractivity contribution in [3.63, 3.8) is 0 Å². The highest BCUT2D eigenvalue weighted by Gasteiger charge is 2.47. The van der Waals surface area contributed by atoms with E-state index >= 15 is 0 Å². The number of para-hydroxylation sites is 2. The second kappa shape index (κ2) is 6.66. The van der Waals surface area contributed by atoms with Crippen LogP contribution in [-0.2, 0) is 11.3 Å². The normalized spacial score (nSPS) is 21.0. The molecule has 3 fully saturated rings. The lowest BCUT2D eigenvalue weighted by molar-refractivity contribution is -0.146. The molecule has 1 aromatic carbocycles. The number of benzene rings is 1. The average Bonchev–Trinajstić information content (AvgIpc) is 3.03. The standard InChI is InChI=1S/C19H19N5O3S/c1-28-18-20-7-6-16(21-18)22-9-12-8-13(10-22)24(12)17(25)11-23-14-4-2-3-5-15(14)27-19(23)26/h2-7,12-13H,8-11H2,1H3. The van der Waals surface area contributed by atoms with Crippen LogP contribution in [0.3, 0.4) is 0 Å². The molecule has 2 bridgehead atoms. The van der Waals surface area contributed by atoms with E-state index in [4.69, 9.17) is 4.42 Å². The van der Waals surface area contributed by atoms with Crippen molar-refractivity contribution in [2.75, 3.05) is 24.2 Å². The highest BCUT2D eigenvalue weighted by molar-refractivity contribution is 7.98. The van der Waals surface area contributed by atoms with E-state index < -0.39 is 5.76 Å². The summed E-state index contributed by atoms with van der Waals surface area (Å²) in [5, 5.41) is 0.746. The van der Waals surface area contributed by atoms with Gasteiger partial charge in [0.1, 0.15) is 12.4 Å². The highest BCUT2D eigenvalue weighted by atomic mass is 32.2. The number of piperazine rings is 1. The van der Waals surface area contributed by atoms with E-state index in [0.717, 1.165) is 30.5 Å². The third-order valence-corrected chi connectivity index (χ3v) is 6.04. The molecule has 0 aliphatic carbocycles. The van der Waals surface area contributed by atoms with Crippen LogP contribution in [0.2, 0.25) is 0 Å². The maximum atomic E-state index is 12.9. The first-order chi connectivity index (χ1) is 13.6. The fourth-order valence-corrected chi connectivity index (χ4v) is 4.54. The molecular formula is C19H19N5O3S. The van der Waals surface area contributed by atoms with E-state index in [0.29, 0.717) is 11.1 Å². The molecule has 3 aromatic rings. The Labute approximate surface area is 165 Å². The Kier molecular flexibility index (Phi) is 4.12. The molecule has 2 aromatic heterocycles. The smallest absolute Gasteiger partial charge is 0.408 e. The Hall–Kier alpha value is -2.81. The van der Waals surface area contributed by atoms with Gasteiger partial charge in [-0.3, -0.25) is 9.36 Å². The number of hydrogen-bond acceptors (Lipinski definition) is 7. The van der Waals surface area contributed by atoms with Crippen molar-refractivity contribution >= 4 is 34.6 Å². The van der Waals surface area contributed by atoms with Crippen molar-refractivity contribution in [1.82, 2.24) is 19.4 Å². The second-order valence-electron chi connectivity index (χ2n) is 7.07. The lowest BCUT2D eigenvalue weighted by atomic mass is 9.87. The predicted octanol–water partition coefficient (Wildman–Crippen LogP) is 1.60. The Morgan fingerprint density at radius 2 is 2.04 bits per heavy atom. The summed E-state index contributed by atoms with van der Waals surface area (Å²) in [6.45, 7) is 1.50. The zero-order valence-electron chi connectivity index (χ0n) is 15.3. The quantitative estimate of drug-likeness (QED) is 0.488. The number of hydrogen-bond donors (Lipinski definition) is 0. The lowest BCUT2D eigenvalue weighted by Crippen LogP contribution is -2.70. The van der Waals surface area contributed by atoms with E-state index in [1.165, 1.54) is 16.3 Å². The maximum absolute atomic E-state index is 12.9. The van der Waals surface area contributed by atoms with Crippen LogP contribution in [0.25, 0.3) is 11.1 Å². The van der Waals surface area contributed by atoms with Crippen LogP contribution in [0.4, 0.5) is 5.82 Å². The molecule has 0 saturated carbocycles. The van der Waals surface area contributed by atoms with E-state index in [2.05, 4.69) is 14.9 Å². The monoisotopic (exact) mass is 397 g/mol. The molecule has 8 nitrogen and oxygen atoms in total. The average molecular weight is 397 g/mol. The number of carbonyl (C=O) groups is 1. The minimum absolute atomic E-state index is 0.00692. The van der Waals surface area contributed by atoms with Gasteiger partial charge in [-0.2, -0.15) is 0 Å². The number of aromatic nitrogens is 3. The molecular weight excluding hydrogens is 378 g/mol. The van der Waals surface area contributed by atoms with Crippen LogP contribution in [0.1, 0.15) is 6.42 Å².